The number of pyridine rings is 1. The monoisotopic (exact) mass is 363 g/mol. The first-order valence-corrected chi connectivity index (χ1v) is 9.14. The number of methoxy groups -OCH3 is 1. The van der Waals surface area contributed by atoms with E-state index in [9.17, 15) is 4.79 Å². The lowest BCUT2D eigenvalue weighted by molar-refractivity contribution is 0.414. The summed E-state index contributed by atoms with van der Waals surface area (Å²) >= 11 is 0. The number of anilines is 1. The van der Waals surface area contributed by atoms with E-state index in [0.29, 0.717) is 5.39 Å². The Kier molecular flexibility index (Phi) is 6.66. The molecule has 0 unspecified atom stereocenters. The summed E-state index contributed by atoms with van der Waals surface area (Å²) in [6.07, 6.45) is 5.10. The fraction of sp³-hybridized carbons (Fsp3) is 0.227. The number of nitrogens with one attached hydrogen (secondary N) is 3. The third-order valence-electron chi connectivity index (χ3n) is 4.28. The Morgan fingerprint density at radius 1 is 1.07 bits per heavy atom. The van der Waals surface area contributed by atoms with Crippen molar-refractivity contribution in [3.63, 3.8) is 0 Å². The van der Waals surface area contributed by atoms with E-state index < -0.39 is 0 Å². The number of rotatable bonds is 9. The predicted octanol–water partition coefficient (Wildman–Crippen LogP) is 3.64. The molecule has 0 saturated carbocycles. The van der Waals surface area contributed by atoms with Gasteiger partial charge in [0.1, 0.15) is 11.6 Å². The molecule has 3 rings (SSSR count). The first-order valence-electron chi connectivity index (χ1n) is 9.14. The van der Waals surface area contributed by atoms with E-state index in [1.54, 1.807) is 13.2 Å². The predicted molar refractivity (Wildman–Crippen MR) is 113 cm³/mol. The van der Waals surface area contributed by atoms with Crippen LogP contribution in [0, 0.1) is 0 Å². The first kappa shape index (κ1) is 18.7. The minimum Gasteiger partial charge on any atom is -0.496 e. The van der Waals surface area contributed by atoms with Gasteiger partial charge in [-0.2, -0.15) is 0 Å². The summed E-state index contributed by atoms with van der Waals surface area (Å²) in [5.41, 5.74) is 1.96. The van der Waals surface area contributed by atoms with Gasteiger partial charge in [-0.05, 0) is 31.2 Å². The summed E-state index contributed by atoms with van der Waals surface area (Å²) in [7, 11) is 1.68. The van der Waals surface area contributed by atoms with Crippen molar-refractivity contribution in [2.45, 2.75) is 6.42 Å². The first-order chi connectivity index (χ1) is 13.3. The highest BCUT2D eigenvalue weighted by atomic mass is 16.5. The van der Waals surface area contributed by atoms with E-state index in [0.717, 1.165) is 48.7 Å². The van der Waals surface area contributed by atoms with Gasteiger partial charge in [0.15, 0.2) is 5.43 Å². The highest BCUT2D eigenvalue weighted by Crippen LogP contribution is 2.18. The van der Waals surface area contributed by atoms with Gasteiger partial charge in [-0.25, -0.2) is 0 Å². The fourth-order valence-electron chi connectivity index (χ4n) is 2.90. The Morgan fingerprint density at radius 2 is 1.89 bits per heavy atom. The van der Waals surface area contributed by atoms with Gasteiger partial charge in [0.25, 0.3) is 0 Å². The van der Waals surface area contributed by atoms with E-state index in [4.69, 9.17) is 4.74 Å². The second kappa shape index (κ2) is 9.59. The highest BCUT2D eigenvalue weighted by Gasteiger charge is 2.00. The number of hydrogen-bond acceptors (Lipinski definition) is 4. The molecule has 0 fully saturated rings. The maximum absolute atomic E-state index is 12.1. The molecule has 0 amide bonds. The molecule has 5 nitrogen and oxygen atoms in total. The van der Waals surface area contributed by atoms with Crippen LogP contribution in [0.3, 0.4) is 0 Å². The largest absolute Gasteiger partial charge is 0.496 e. The third kappa shape index (κ3) is 5.21. The Hall–Kier alpha value is -3.05. The molecular weight excluding hydrogens is 338 g/mol. The number of aromatic nitrogens is 1. The number of H-pyrrole nitrogens is 1. The van der Waals surface area contributed by atoms with Gasteiger partial charge >= 0.3 is 0 Å². The van der Waals surface area contributed by atoms with Gasteiger partial charge in [0.2, 0.25) is 0 Å². The minimum absolute atomic E-state index is 0.0338. The molecular formula is C22H25N3O2. The molecule has 0 radical (unpaired) electrons. The molecule has 3 aromatic rings. The maximum Gasteiger partial charge on any atom is 0.191 e. The van der Waals surface area contributed by atoms with Crippen LogP contribution in [0.25, 0.3) is 17.0 Å². The zero-order chi connectivity index (χ0) is 18.9. The van der Waals surface area contributed by atoms with E-state index in [-0.39, 0.29) is 5.43 Å². The van der Waals surface area contributed by atoms with Crippen LogP contribution in [-0.2, 0) is 0 Å². The standard InChI is InChI=1S/C22H25N3O2/c1-27-21-12-5-2-8-17(21)9-6-13-23-14-7-15-24-22-16-20(26)18-10-3-4-11-19(18)25-22/h2-6,8-12,16,23H,7,13-15H2,1H3,(H2,24,25,26). The second-order valence-electron chi connectivity index (χ2n) is 6.22. The number of hydrogen-bond donors (Lipinski definition) is 3. The molecule has 2 aromatic carbocycles. The number of fused-ring (bicyclic) bond motifs is 1. The number of ether oxygens (including phenoxy) is 1. The maximum atomic E-state index is 12.1. The Balaban J connectivity index is 1.39. The van der Waals surface area contributed by atoms with Crippen molar-refractivity contribution in [1.82, 2.24) is 10.3 Å². The van der Waals surface area contributed by atoms with Crippen LogP contribution < -0.4 is 20.8 Å². The minimum atomic E-state index is 0.0338. The molecule has 0 spiro atoms. The van der Waals surface area contributed by atoms with Crippen molar-refractivity contribution in [2.75, 3.05) is 32.1 Å². The zero-order valence-electron chi connectivity index (χ0n) is 15.5. The quantitative estimate of drug-likeness (QED) is 0.508. The number of para-hydroxylation sites is 2. The van der Waals surface area contributed by atoms with Crippen LogP contribution in [0.5, 0.6) is 5.75 Å². The summed E-state index contributed by atoms with van der Waals surface area (Å²) in [6, 6.07) is 17.1. The molecule has 1 heterocycles. The van der Waals surface area contributed by atoms with Gasteiger partial charge in [-0.15, -0.1) is 0 Å². The van der Waals surface area contributed by atoms with E-state index >= 15 is 0 Å². The van der Waals surface area contributed by atoms with Gasteiger partial charge in [-0.1, -0.05) is 42.5 Å². The Morgan fingerprint density at radius 3 is 2.78 bits per heavy atom. The molecule has 1 aromatic heterocycles. The third-order valence-corrected chi connectivity index (χ3v) is 4.28. The van der Waals surface area contributed by atoms with Gasteiger partial charge in [-0.3, -0.25) is 4.79 Å². The average Bonchev–Trinajstić information content (AvgIpc) is 2.70. The van der Waals surface area contributed by atoms with Crippen LogP contribution in [0.15, 0.2) is 65.5 Å². The molecule has 0 atom stereocenters. The molecule has 0 aliphatic heterocycles. The summed E-state index contributed by atoms with van der Waals surface area (Å²) < 4.78 is 5.33. The van der Waals surface area contributed by atoms with Gasteiger partial charge in [0, 0.05) is 30.1 Å². The van der Waals surface area contributed by atoms with Crippen molar-refractivity contribution in [3.8, 4) is 5.75 Å². The van der Waals surface area contributed by atoms with Crippen LogP contribution in [0.1, 0.15) is 12.0 Å². The van der Waals surface area contributed by atoms with Gasteiger partial charge < -0.3 is 20.4 Å². The molecule has 27 heavy (non-hydrogen) atoms. The molecule has 0 saturated heterocycles. The van der Waals surface area contributed by atoms with Crippen molar-refractivity contribution in [2.24, 2.45) is 0 Å². The molecule has 3 N–H and O–H groups in total. The summed E-state index contributed by atoms with van der Waals surface area (Å²) in [5, 5.41) is 7.37. The topological polar surface area (TPSA) is 66.2 Å². The molecule has 0 aliphatic rings. The lowest BCUT2D eigenvalue weighted by Crippen LogP contribution is -2.18. The van der Waals surface area contributed by atoms with Crippen LogP contribution >= 0.6 is 0 Å². The Bertz CT molecular complexity index is 963. The smallest absolute Gasteiger partial charge is 0.191 e. The van der Waals surface area contributed by atoms with Crippen LogP contribution in [0.2, 0.25) is 0 Å². The molecule has 5 heteroatoms. The van der Waals surface area contributed by atoms with E-state index in [2.05, 4.69) is 27.8 Å². The summed E-state index contributed by atoms with van der Waals surface area (Å²) in [4.78, 5) is 15.3. The normalized spacial score (nSPS) is 11.1. The van der Waals surface area contributed by atoms with E-state index in [1.807, 2.05) is 48.5 Å². The van der Waals surface area contributed by atoms with Crippen LogP contribution in [-0.4, -0.2) is 31.7 Å². The Labute approximate surface area is 159 Å². The van der Waals surface area contributed by atoms with Crippen molar-refractivity contribution in [1.29, 1.82) is 0 Å². The molecule has 0 aliphatic carbocycles. The zero-order valence-corrected chi connectivity index (χ0v) is 15.5. The fourth-order valence-corrected chi connectivity index (χ4v) is 2.90. The number of aromatic amines is 1. The van der Waals surface area contributed by atoms with E-state index in [1.165, 1.54) is 0 Å². The lowest BCUT2D eigenvalue weighted by atomic mass is 10.2. The SMILES string of the molecule is COc1ccccc1C=CCNCCCNc1cc(=O)c2ccccc2[nH]1. The molecule has 140 valence electrons. The highest BCUT2D eigenvalue weighted by molar-refractivity contribution is 5.79. The van der Waals surface area contributed by atoms with Crippen molar-refractivity contribution >= 4 is 22.8 Å². The van der Waals surface area contributed by atoms with Crippen molar-refractivity contribution in [3.05, 3.63) is 76.5 Å². The van der Waals surface area contributed by atoms with Gasteiger partial charge in [0.05, 0.1) is 12.6 Å². The number of benzene rings is 2. The lowest BCUT2D eigenvalue weighted by Gasteiger charge is -2.08. The summed E-state index contributed by atoms with van der Waals surface area (Å²) in [5.74, 6) is 1.64. The van der Waals surface area contributed by atoms with Crippen LogP contribution in [0.4, 0.5) is 5.82 Å². The van der Waals surface area contributed by atoms with Crippen molar-refractivity contribution < 1.29 is 4.74 Å². The molecule has 0 bridgehead atoms. The summed E-state index contributed by atoms with van der Waals surface area (Å²) in [6.45, 7) is 2.48. The second-order valence-corrected chi connectivity index (χ2v) is 6.22. The average molecular weight is 363 g/mol.